The van der Waals surface area contributed by atoms with Gasteiger partial charge in [-0.15, -0.1) is 0 Å². The molecule has 1 rings (SSSR count). The maximum absolute atomic E-state index is 12.5. The predicted molar refractivity (Wildman–Crippen MR) is 62.2 cm³/mol. The van der Waals surface area contributed by atoms with Crippen LogP contribution in [0.5, 0.6) is 0 Å². The third-order valence-electron chi connectivity index (χ3n) is 1.44. The minimum atomic E-state index is -2.49. The first kappa shape index (κ1) is 11.8. The molecule has 1 heterocycles. The zero-order valence-corrected chi connectivity index (χ0v) is 11.5. The van der Waals surface area contributed by atoms with E-state index in [-0.39, 0.29) is 5.56 Å². The van der Waals surface area contributed by atoms with Gasteiger partial charge in [0.15, 0.2) is 0 Å². The number of rotatable bonds is 2. The van der Waals surface area contributed by atoms with Gasteiger partial charge in [0.2, 0.25) is 0 Å². The monoisotopic (exact) mass is 425 g/mol. The summed E-state index contributed by atoms with van der Waals surface area (Å²) >= 11 is 8.13. The van der Waals surface area contributed by atoms with E-state index in [9.17, 15) is 8.78 Å². The quantitative estimate of drug-likeness (QED) is 0.391. The van der Waals surface area contributed by atoms with E-state index in [0.29, 0.717) is 13.5 Å². The second-order valence-corrected chi connectivity index (χ2v) is 4.61. The number of aromatic nitrogens is 1. The fourth-order valence-corrected chi connectivity index (χ4v) is 3.22. The number of hydrogen-bond donors (Lipinski definition) is 0. The van der Waals surface area contributed by atoms with Gasteiger partial charge in [-0.1, -0.05) is 15.9 Å². The highest BCUT2D eigenvalue weighted by molar-refractivity contribution is 14.1. The van der Waals surface area contributed by atoms with Gasteiger partial charge in [0.1, 0.15) is 3.70 Å². The lowest BCUT2D eigenvalue weighted by Crippen LogP contribution is -1.98. The van der Waals surface area contributed by atoms with Crippen molar-refractivity contribution in [2.45, 2.75) is 11.8 Å². The van der Waals surface area contributed by atoms with Crippen molar-refractivity contribution in [1.82, 2.24) is 4.98 Å². The lowest BCUT2D eigenvalue weighted by atomic mass is 10.2. The van der Waals surface area contributed by atoms with Crippen molar-refractivity contribution >= 4 is 54.5 Å². The van der Waals surface area contributed by atoms with Gasteiger partial charge in [-0.2, -0.15) is 0 Å². The zero-order valence-electron chi connectivity index (χ0n) is 6.20. The molecule has 0 aliphatic rings. The van der Waals surface area contributed by atoms with Crippen LogP contribution in [0.3, 0.4) is 0 Å². The molecule has 6 heteroatoms. The Morgan fingerprint density at radius 1 is 1.54 bits per heavy atom. The van der Waals surface area contributed by atoms with E-state index in [0.717, 1.165) is 5.56 Å². The van der Waals surface area contributed by atoms with Crippen molar-refractivity contribution in [3.63, 3.8) is 0 Å². The second kappa shape index (κ2) is 4.97. The summed E-state index contributed by atoms with van der Waals surface area (Å²) in [5.41, 5.74) is 0.702. The molecule has 72 valence electrons. The molecule has 0 amide bonds. The summed E-state index contributed by atoms with van der Waals surface area (Å²) in [6.07, 6.45) is -0.917. The van der Waals surface area contributed by atoms with Gasteiger partial charge in [-0.05, 0) is 44.1 Å². The number of nitrogens with zero attached hydrogens (tertiary/aromatic N) is 1. The van der Waals surface area contributed by atoms with Crippen molar-refractivity contribution in [3.05, 3.63) is 25.5 Å². The van der Waals surface area contributed by atoms with E-state index in [4.69, 9.17) is 0 Å². The Hall–Kier alpha value is 0.700. The molecular weight excluding hydrogens is 423 g/mol. The molecule has 1 aromatic rings. The molecule has 0 bridgehead atoms. The van der Waals surface area contributed by atoms with Gasteiger partial charge in [-0.25, -0.2) is 13.8 Å². The average molecular weight is 427 g/mol. The molecule has 0 fully saturated rings. The minimum Gasteiger partial charge on any atom is -0.249 e. The van der Waals surface area contributed by atoms with Crippen LogP contribution >= 0.6 is 54.5 Å². The van der Waals surface area contributed by atoms with Gasteiger partial charge < -0.3 is 0 Å². The number of halogens is 5. The molecule has 0 spiro atoms. The fourth-order valence-electron chi connectivity index (χ4n) is 0.803. The molecule has 1 nitrogen and oxygen atoms in total. The Labute approximate surface area is 105 Å². The van der Waals surface area contributed by atoms with Crippen LogP contribution in [0, 0.1) is 3.70 Å². The first-order valence-corrected chi connectivity index (χ1v) is 6.24. The maximum atomic E-state index is 12.5. The van der Waals surface area contributed by atoms with Crippen LogP contribution in [0.2, 0.25) is 0 Å². The highest BCUT2D eigenvalue weighted by Gasteiger charge is 2.18. The largest absolute Gasteiger partial charge is 0.267 e. The minimum absolute atomic E-state index is 0.0300. The highest BCUT2D eigenvalue weighted by atomic mass is 127. The van der Waals surface area contributed by atoms with Crippen molar-refractivity contribution in [2.24, 2.45) is 0 Å². The van der Waals surface area contributed by atoms with E-state index in [2.05, 4.69) is 36.8 Å². The molecule has 0 aliphatic carbocycles. The zero-order chi connectivity index (χ0) is 10.0. The van der Waals surface area contributed by atoms with Crippen LogP contribution in [-0.2, 0) is 5.33 Å². The van der Waals surface area contributed by atoms with E-state index >= 15 is 0 Å². The molecule has 0 atom stereocenters. The van der Waals surface area contributed by atoms with E-state index in [1.807, 2.05) is 0 Å². The standard InChI is InChI=1S/C7H4Br2F2IN/c8-1-3-2-13-7(12)4(5(3)9)6(10)11/h2,6H,1H2. The van der Waals surface area contributed by atoms with Crippen molar-refractivity contribution in [3.8, 4) is 0 Å². The average Bonchev–Trinajstić information content (AvgIpc) is 2.04. The van der Waals surface area contributed by atoms with Crippen molar-refractivity contribution in [2.75, 3.05) is 0 Å². The smallest absolute Gasteiger partial charge is 0.249 e. The summed E-state index contributed by atoms with van der Waals surface area (Å²) in [5, 5.41) is 0.511. The normalized spacial score (nSPS) is 10.9. The molecule has 0 aliphatic heterocycles. The number of alkyl halides is 3. The molecule has 0 saturated carbocycles. The van der Waals surface area contributed by atoms with Gasteiger partial charge in [0.05, 0.1) is 5.56 Å². The lowest BCUT2D eigenvalue weighted by Gasteiger charge is -2.08. The second-order valence-electron chi connectivity index (χ2n) is 2.24. The Balaban J connectivity index is 3.30. The van der Waals surface area contributed by atoms with Crippen LogP contribution in [0.4, 0.5) is 8.78 Å². The molecule has 1 aromatic heterocycles. The molecule has 13 heavy (non-hydrogen) atoms. The van der Waals surface area contributed by atoms with Crippen molar-refractivity contribution < 1.29 is 8.78 Å². The third-order valence-corrected chi connectivity index (χ3v) is 3.84. The van der Waals surface area contributed by atoms with E-state index < -0.39 is 6.43 Å². The summed E-state index contributed by atoms with van der Waals surface area (Å²) in [4.78, 5) is 3.88. The van der Waals surface area contributed by atoms with Gasteiger partial charge in [-0.3, -0.25) is 0 Å². The number of hydrogen-bond acceptors (Lipinski definition) is 1. The molecule has 0 saturated heterocycles. The predicted octanol–water partition coefficient (Wildman–Crippen LogP) is 4.28. The third kappa shape index (κ3) is 2.59. The molecule has 0 N–H and O–H groups in total. The first-order valence-electron chi connectivity index (χ1n) is 3.24. The molecular formula is C7H4Br2F2IN. The first-order chi connectivity index (χ1) is 6.07. The topological polar surface area (TPSA) is 12.9 Å². The molecule has 0 unspecified atom stereocenters. The van der Waals surface area contributed by atoms with Crippen LogP contribution in [0.1, 0.15) is 17.6 Å². The van der Waals surface area contributed by atoms with E-state index in [1.54, 1.807) is 28.8 Å². The van der Waals surface area contributed by atoms with E-state index in [1.165, 1.54) is 0 Å². The summed E-state index contributed by atoms with van der Waals surface area (Å²) in [6.45, 7) is 0. The number of pyridine rings is 1. The molecule has 0 aromatic carbocycles. The maximum Gasteiger partial charge on any atom is 0.267 e. The Morgan fingerprint density at radius 3 is 2.62 bits per heavy atom. The Kier molecular flexibility index (Phi) is 4.50. The van der Waals surface area contributed by atoms with Crippen LogP contribution in [0.25, 0.3) is 0 Å². The van der Waals surface area contributed by atoms with Gasteiger partial charge >= 0.3 is 0 Å². The highest BCUT2D eigenvalue weighted by Crippen LogP contribution is 2.33. The SMILES string of the molecule is FC(F)c1c(I)ncc(CBr)c1Br. The van der Waals surface area contributed by atoms with Crippen LogP contribution in [0.15, 0.2) is 10.7 Å². The lowest BCUT2D eigenvalue weighted by molar-refractivity contribution is 0.149. The Morgan fingerprint density at radius 2 is 2.15 bits per heavy atom. The Bertz CT molecular complexity index is 320. The fraction of sp³-hybridized carbons (Fsp3) is 0.286. The van der Waals surface area contributed by atoms with Crippen molar-refractivity contribution in [1.29, 1.82) is 0 Å². The summed E-state index contributed by atoms with van der Waals surface area (Å²) in [7, 11) is 0. The van der Waals surface area contributed by atoms with Crippen LogP contribution < -0.4 is 0 Å². The van der Waals surface area contributed by atoms with Gasteiger partial charge in [0, 0.05) is 16.0 Å². The summed E-state index contributed by atoms with van der Waals surface area (Å²) in [6, 6.07) is 0. The van der Waals surface area contributed by atoms with Gasteiger partial charge in [0.25, 0.3) is 6.43 Å². The summed E-state index contributed by atoms with van der Waals surface area (Å²) < 4.78 is 25.8. The molecule has 0 radical (unpaired) electrons. The summed E-state index contributed by atoms with van der Waals surface area (Å²) in [5.74, 6) is 0. The van der Waals surface area contributed by atoms with Crippen LogP contribution in [-0.4, -0.2) is 4.98 Å².